The van der Waals surface area contributed by atoms with Gasteiger partial charge in [-0.15, -0.1) is 0 Å². The molecule has 0 unspecified atom stereocenters. The van der Waals surface area contributed by atoms with Crippen molar-refractivity contribution in [3.8, 4) is 5.75 Å². The van der Waals surface area contributed by atoms with Crippen molar-refractivity contribution in [1.29, 1.82) is 0 Å². The molecule has 3 amide bonds. The lowest BCUT2D eigenvalue weighted by Gasteiger charge is -2.25. The fourth-order valence-corrected chi connectivity index (χ4v) is 2.41. The van der Waals surface area contributed by atoms with E-state index < -0.39 is 0 Å². The van der Waals surface area contributed by atoms with Gasteiger partial charge in [-0.2, -0.15) is 0 Å². The van der Waals surface area contributed by atoms with Crippen LogP contribution in [0.3, 0.4) is 0 Å². The van der Waals surface area contributed by atoms with Crippen molar-refractivity contribution in [2.45, 2.75) is 27.2 Å². The molecule has 24 heavy (non-hydrogen) atoms. The summed E-state index contributed by atoms with van der Waals surface area (Å²) in [7, 11) is 0. The molecule has 132 valence electrons. The lowest BCUT2D eigenvalue weighted by molar-refractivity contribution is 0.153. The highest BCUT2D eigenvalue weighted by molar-refractivity contribution is 5.74. The minimum atomic E-state index is -0.363. The maximum atomic E-state index is 12.2. The number of benzene rings is 1. The Balaban J connectivity index is 1.83. The summed E-state index contributed by atoms with van der Waals surface area (Å²) in [6, 6.07) is 8.96. The zero-order valence-corrected chi connectivity index (χ0v) is 14.7. The number of nitrogens with zero attached hydrogens (tertiary/aromatic N) is 2. The fourth-order valence-electron chi connectivity index (χ4n) is 2.41. The molecule has 0 aromatic heterocycles. The first-order chi connectivity index (χ1) is 11.3. The molecule has 1 heterocycles. The number of hydrogen-bond acceptors (Lipinski definition) is 3. The largest absolute Gasteiger partial charge is 0.415 e. The average Bonchev–Trinajstić information content (AvgIpc) is 2.79. The standard InChI is InChI=1S/C18H27N3O3/c1-18(2,3)14-19-16(22)20-10-7-11-21(13-12-20)17(23)24-15-8-5-4-6-9-15/h4-6,8-9H,7,10-14H2,1-3H3,(H,19,22). The first-order valence-corrected chi connectivity index (χ1v) is 8.40. The van der Waals surface area contributed by atoms with Crippen LogP contribution >= 0.6 is 0 Å². The van der Waals surface area contributed by atoms with Crippen molar-refractivity contribution in [3.05, 3.63) is 30.3 Å². The maximum absolute atomic E-state index is 12.2. The molecule has 0 bridgehead atoms. The first-order valence-electron chi connectivity index (χ1n) is 8.40. The molecule has 0 aliphatic carbocycles. The van der Waals surface area contributed by atoms with Crippen LogP contribution in [-0.4, -0.2) is 54.6 Å². The Morgan fingerprint density at radius 3 is 2.33 bits per heavy atom. The molecule has 6 nitrogen and oxygen atoms in total. The van der Waals surface area contributed by atoms with E-state index in [1.807, 2.05) is 18.2 Å². The van der Waals surface area contributed by atoms with Crippen LogP contribution in [0, 0.1) is 5.41 Å². The van der Waals surface area contributed by atoms with Gasteiger partial charge in [-0.05, 0) is 24.0 Å². The van der Waals surface area contributed by atoms with Crippen molar-refractivity contribution >= 4 is 12.1 Å². The van der Waals surface area contributed by atoms with Crippen molar-refractivity contribution in [1.82, 2.24) is 15.1 Å². The van der Waals surface area contributed by atoms with E-state index in [-0.39, 0.29) is 17.5 Å². The molecule has 2 rings (SSSR count). The third kappa shape index (κ3) is 5.76. The molecule has 0 radical (unpaired) electrons. The molecule has 1 aromatic carbocycles. The third-order valence-corrected chi connectivity index (χ3v) is 3.76. The van der Waals surface area contributed by atoms with Gasteiger partial charge >= 0.3 is 12.1 Å². The van der Waals surface area contributed by atoms with Gasteiger partial charge in [0.1, 0.15) is 5.75 Å². The molecular formula is C18H27N3O3. The molecule has 6 heteroatoms. The number of carbonyl (C=O) groups excluding carboxylic acids is 2. The Labute approximate surface area is 143 Å². The molecule has 0 spiro atoms. The van der Waals surface area contributed by atoms with Gasteiger partial charge in [0, 0.05) is 32.7 Å². The molecular weight excluding hydrogens is 306 g/mol. The third-order valence-electron chi connectivity index (χ3n) is 3.76. The summed E-state index contributed by atoms with van der Waals surface area (Å²) in [5, 5.41) is 2.96. The van der Waals surface area contributed by atoms with E-state index in [1.165, 1.54) is 0 Å². The number of hydrogen-bond donors (Lipinski definition) is 1. The van der Waals surface area contributed by atoms with E-state index in [9.17, 15) is 9.59 Å². The number of para-hydroxylation sites is 1. The molecule has 0 saturated carbocycles. The zero-order valence-electron chi connectivity index (χ0n) is 14.7. The molecule has 1 saturated heterocycles. The van der Waals surface area contributed by atoms with Crippen LogP contribution in [0.2, 0.25) is 0 Å². The van der Waals surface area contributed by atoms with Gasteiger partial charge in [0.05, 0.1) is 0 Å². The predicted molar refractivity (Wildman–Crippen MR) is 93.1 cm³/mol. The van der Waals surface area contributed by atoms with E-state index in [4.69, 9.17) is 4.74 Å². The highest BCUT2D eigenvalue weighted by Crippen LogP contribution is 2.13. The Morgan fingerprint density at radius 2 is 1.67 bits per heavy atom. The van der Waals surface area contributed by atoms with Crippen molar-refractivity contribution in [2.75, 3.05) is 32.7 Å². The highest BCUT2D eigenvalue weighted by atomic mass is 16.6. The second-order valence-electron chi connectivity index (χ2n) is 7.23. The number of rotatable bonds is 2. The second kappa shape index (κ2) is 8.04. The number of nitrogens with one attached hydrogen (secondary N) is 1. The lowest BCUT2D eigenvalue weighted by atomic mass is 9.97. The minimum Gasteiger partial charge on any atom is -0.410 e. The van der Waals surface area contributed by atoms with Crippen LogP contribution < -0.4 is 10.1 Å². The number of carbonyl (C=O) groups is 2. The number of urea groups is 1. The average molecular weight is 333 g/mol. The zero-order chi connectivity index (χ0) is 17.6. The van der Waals surface area contributed by atoms with Crippen LogP contribution in [0.4, 0.5) is 9.59 Å². The van der Waals surface area contributed by atoms with Gasteiger partial charge in [0.25, 0.3) is 0 Å². The van der Waals surface area contributed by atoms with Gasteiger partial charge in [0.2, 0.25) is 0 Å². The monoisotopic (exact) mass is 333 g/mol. The van der Waals surface area contributed by atoms with E-state index in [0.29, 0.717) is 38.5 Å². The molecule has 1 aliphatic heterocycles. The minimum absolute atomic E-state index is 0.0486. The normalized spacial score (nSPS) is 15.6. The quantitative estimate of drug-likeness (QED) is 0.905. The van der Waals surface area contributed by atoms with Crippen LogP contribution in [0.5, 0.6) is 5.75 Å². The van der Waals surface area contributed by atoms with Gasteiger partial charge in [0.15, 0.2) is 0 Å². The summed E-state index contributed by atoms with van der Waals surface area (Å²) in [5.41, 5.74) is 0.0486. The SMILES string of the molecule is CC(C)(C)CNC(=O)N1CCCN(C(=O)Oc2ccccc2)CC1. The van der Waals surface area contributed by atoms with Gasteiger partial charge in [-0.3, -0.25) is 0 Å². The van der Waals surface area contributed by atoms with E-state index in [2.05, 4.69) is 26.1 Å². The molecule has 1 N–H and O–H groups in total. The van der Waals surface area contributed by atoms with Gasteiger partial charge in [-0.1, -0.05) is 39.0 Å². The van der Waals surface area contributed by atoms with Crippen molar-refractivity contribution in [2.24, 2.45) is 5.41 Å². The fraction of sp³-hybridized carbons (Fsp3) is 0.556. The van der Waals surface area contributed by atoms with Crippen LogP contribution in [0.15, 0.2) is 30.3 Å². The Bertz CT molecular complexity index is 554. The number of amides is 3. The summed E-state index contributed by atoms with van der Waals surface area (Å²) >= 11 is 0. The Kier molecular flexibility index (Phi) is 6.06. The summed E-state index contributed by atoms with van der Waals surface area (Å²) in [5.74, 6) is 0.534. The summed E-state index contributed by atoms with van der Waals surface area (Å²) in [6.45, 7) is 9.10. The predicted octanol–water partition coefficient (Wildman–Crippen LogP) is 2.95. The second-order valence-corrected chi connectivity index (χ2v) is 7.23. The Hall–Kier alpha value is -2.24. The molecule has 0 atom stereocenters. The maximum Gasteiger partial charge on any atom is 0.415 e. The van der Waals surface area contributed by atoms with Crippen LogP contribution in [0.1, 0.15) is 27.2 Å². The van der Waals surface area contributed by atoms with Crippen molar-refractivity contribution < 1.29 is 14.3 Å². The highest BCUT2D eigenvalue weighted by Gasteiger charge is 2.23. The summed E-state index contributed by atoms with van der Waals surface area (Å²) in [4.78, 5) is 27.9. The molecule has 1 aromatic rings. The van der Waals surface area contributed by atoms with Crippen molar-refractivity contribution in [3.63, 3.8) is 0 Å². The topological polar surface area (TPSA) is 61.9 Å². The Morgan fingerprint density at radius 1 is 1.04 bits per heavy atom. The summed E-state index contributed by atoms with van der Waals surface area (Å²) < 4.78 is 5.37. The summed E-state index contributed by atoms with van der Waals surface area (Å²) in [6.07, 6.45) is 0.380. The van der Waals surface area contributed by atoms with Gasteiger partial charge < -0.3 is 19.9 Å². The number of ether oxygens (including phenoxy) is 1. The van der Waals surface area contributed by atoms with Crippen LogP contribution in [-0.2, 0) is 0 Å². The smallest absolute Gasteiger partial charge is 0.410 e. The lowest BCUT2D eigenvalue weighted by Crippen LogP contribution is -2.45. The van der Waals surface area contributed by atoms with E-state index in [1.54, 1.807) is 21.9 Å². The first kappa shape index (κ1) is 18.1. The molecule has 1 aliphatic rings. The van der Waals surface area contributed by atoms with Gasteiger partial charge in [-0.25, -0.2) is 9.59 Å². The molecule has 1 fully saturated rings. The van der Waals surface area contributed by atoms with E-state index >= 15 is 0 Å². The van der Waals surface area contributed by atoms with E-state index in [0.717, 1.165) is 6.42 Å². The van der Waals surface area contributed by atoms with Crippen LogP contribution in [0.25, 0.3) is 0 Å².